The van der Waals surface area contributed by atoms with E-state index in [4.69, 9.17) is 14.0 Å². The third kappa shape index (κ3) is 4.97. The van der Waals surface area contributed by atoms with Crippen LogP contribution in [0.15, 0.2) is 58.1 Å². The van der Waals surface area contributed by atoms with Crippen molar-refractivity contribution >= 4 is 29.3 Å². The van der Waals surface area contributed by atoms with Gasteiger partial charge in [0.15, 0.2) is 5.95 Å². The molecule has 1 N–H and O–H groups in total. The van der Waals surface area contributed by atoms with Gasteiger partial charge in [0.05, 0.1) is 36.0 Å². The molecular formula is C21H21N3O6S. The lowest BCUT2D eigenvalue weighted by Gasteiger charge is -2.14. The fraction of sp³-hybridized carbons (Fsp3) is 0.238. The molecule has 3 rings (SSSR count). The number of methoxy groups -OCH3 is 2. The van der Waals surface area contributed by atoms with Gasteiger partial charge in [-0.2, -0.15) is 0 Å². The van der Waals surface area contributed by atoms with Gasteiger partial charge in [0.25, 0.3) is 5.03 Å². The quantitative estimate of drug-likeness (QED) is 0.320. The maximum atomic E-state index is 12.9. The minimum atomic E-state index is -0.651. The summed E-state index contributed by atoms with van der Waals surface area (Å²) in [7, 11) is 2.82. The van der Waals surface area contributed by atoms with Crippen LogP contribution < -0.4 is 19.8 Å². The molecule has 0 bridgehead atoms. The Morgan fingerprint density at radius 2 is 1.90 bits per heavy atom. The molecule has 0 aliphatic rings. The number of para-hydroxylation sites is 1. The summed E-state index contributed by atoms with van der Waals surface area (Å²) in [5.74, 6) is -0.929. The molecule has 3 aromatic rings. The summed E-state index contributed by atoms with van der Waals surface area (Å²) in [5.41, 5.74) is 1.15. The SMILES string of the molecule is CCC(Sc1c([O-])on[n+]1-c1ccc(OC)cc1)C(=O)Nc1ccccc1C(=O)OC. The molecule has 1 heterocycles. The van der Waals surface area contributed by atoms with Gasteiger partial charge in [0, 0.05) is 12.1 Å². The average molecular weight is 443 g/mol. The van der Waals surface area contributed by atoms with Crippen molar-refractivity contribution in [2.24, 2.45) is 0 Å². The highest BCUT2D eigenvalue weighted by molar-refractivity contribution is 8.00. The molecule has 0 aliphatic heterocycles. The molecular weight excluding hydrogens is 422 g/mol. The zero-order valence-electron chi connectivity index (χ0n) is 17.2. The van der Waals surface area contributed by atoms with Crippen LogP contribution in [0, 0.1) is 0 Å². The Balaban J connectivity index is 1.83. The van der Waals surface area contributed by atoms with Crippen molar-refractivity contribution < 1.29 is 33.4 Å². The number of aromatic nitrogens is 2. The zero-order chi connectivity index (χ0) is 22.4. The Morgan fingerprint density at radius 3 is 2.55 bits per heavy atom. The molecule has 10 heteroatoms. The number of thioether (sulfide) groups is 1. The second-order valence-electron chi connectivity index (χ2n) is 6.32. The number of carbonyl (C=O) groups excluding carboxylic acids is 2. The second kappa shape index (κ2) is 9.98. The van der Waals surface area contributed by atoms with Crippen LogP contribution in [0.25, 0.3) is 5.69 Å². The Bertz CT molecular complexity index is 1070. The standard InChI is InChI=1S/C21H21N3O6S/c1-4-17(18(25)22-16-8-6-5-7-15(16)20(26)29-3)31-19-21(27)30-23-24(19)13-9-11-14(28-2)12-10-13/h5-12,17H,4H2,1-3H3,(H-,22,23,25,26,27). The van der Waals surface area contributed by atoms with Gasteiger partial charge in [-0.05, 0) is 47.1 Å². The van der Waals surface area contributed by atoms with Gasteiger partial charge in [-0.15, -0.1) is 0 Å². The molecule has 2 aromatic carbocycles. The molecule has 0 saturated carbocycles. The van der Waals surface area contributed by atoms with E-state index in [-0.39, 0.29) is 16.5 Å². The zero-order valence-corrected chi connectivity index (χ0v) is 18.0. The number of carbonyl (C=O) groups is 2. The molecule has 1 amide bonds. The van der Waals surface area contributed by atoms with Crippen molar-refractivity contribution in [3.8, 4) is 17.4 Å². The lowest BCUT2D eigenvalue weighted by molar-refractivity contribution is -0.705. The molecule has 0 spiro atoms. The first kappa shape index (κ1) is 22.2. The maximum absolute atomic E-state index is 12.9. The van der Waals surface area contributed by atoms with Crippen molar-refractivity contribution in [2.75, 3.05) is 19.5 Å². The number of hydrogen-bond acceptors (Lipinski definition) is 8. The molecule has 162 valence electrons. The van der Waals surface area contributed by atoms with E-state index < -0.39 is 17.2 Å². The predicted octanol–water partition coefficient (Wildman–Crippen LogP) is 2.33. The first-order valence-electron chi connectivity index (χ1n) is 9.36. The van der Waals surface area contributed by atoms with Crippen LogP contribution in [0.2, 0.25) is 0 Å². The Hall–Kier alpha value is -3.53. The molecule has 0 saturated heterocycles. The summed E-state index contributed by atoms with van der Waals surface area (Å²) < 4.78 is 16.1. The summed E-state index contributed by atoms with van der Waals surface area (Å²) in [5, 5.41) is 18.3. The number of benzene rings is 2. The number of hydrogen-bond donors (Lipinski definition) is 1. The number of ether oxygens (including phenoxy) is 2. The van der Waals surface area contributed by atoms with Gasteiger partial charge in [0.2, 0.25) is 11.6 Å². The van der Waals surface area contributed by atoms with Crippen LogP contribution in [0.4, 0.5) is 5.69 Å². The highest BCUT2D eigenvalue weighted by Gasteiger charge is 2.29. The van der Waals surface area contributed by atoms with E-state index >= 15 is 0 Å². The Labute approximate surface area is 182 Å². The molecule has 0 aliphatic carbocycles. The lowest BCUT2D eigenvalue weighted by Crippen LogP contribution is -2.36. The van der Waals surface area contributed by atoms with E-state index in [1.165, 1.54) is 11.8 Å². The van der Waals surface area contributed by atoms with Crippen molar-refractivity contribution in [3.63, 3.8) is 0 Å². The van der Waals surface area contributed by atoms with Crippen LogP contribution in [-0.2, 0) is 9.53 Å². The van der Waals surface area contributed by atoms with Gasteiger partial charge >= 0.3 is 5.97 Å². The van der Waals surface area contributed by atoms with E-state index in [9.17, 15) is 14.7 Å². The third-order valence-electron chi connectivity index (χ3n) is 4.40. The Kier molecular flexibility index (Phi) is 7.14. The van der Waals surface area contributed by atoms with Gasteiger partial charge in [0.1, 0.15) is 5.75 Å². The summed E-state index contributed by atoms with van der Waals surface area (Å²) in [6, 6.07) is 13.4. The molecule has 1 aromatic heterocycles. The van der Waals surface area contributed by atoms with Crippen LogP contribution >= 0.6 is 11.8 Å². The summed E-state index contributed by atoms with van der Waals surface area (Å²) in [6.45, 7) is 1.82. The normalized spacial score (nSPS) is 11.6. The summed E-state index contributed by atoms with van der Waals surface area (Å²) in [4.78, 5) is 24.9. The third-order valence-corrected chi connectivity index (χ3v) is 5.79. The smallest absolute Gasteiger partial charge is 0.339 e. The number of amides is 1. The molecule has 1 unspecified atom stereocenters. The highest BCUT2D eigenvalue weighted by Crippen LogP contribution is 2.30. The minimum Gasteiger partial charge on any atom is -0.538 e. The van der Waals surface area contributed by atoms with Gasteiger partial charge in [-0.3, -0.25) is 4.79 Å². The van der Waals surface area contributed by atoms with Crippen molar-refractivity contribution in [1.29, 1.82) is 0 Å². The number of anilines is 1. The summed E-state index contributed by atoms with van der Waals surface area (Å²) in [6.07, 6.45) is 0.421. The van der Waals surface area contributed by atoms with Crippen LogP contribution in [0.1, 0.15) is 23.7 Å². The van der Waals surface area contributed by atoms with Gasteiger partial charge < -0.3 is 24.4 Å². The van der Waals surface area contributed by atoms with Gasteiger partial charge in [-0.25, -0.2) is 4.79 Å². The van der Waals surface area contributed by atoms with Crippen LogP contribution in [0.3, 0.4) is 0 Å². The van der Waals surface area contributed by atoms with E-state index in [0.29, 0.717) is 23.5 Å². The Morgan fingerprint density at radius 1 is 1.19 bits per heavy atom. The first-order valence-corrected chi connectivity index (χ1v) is 10.2. The van der Waals surface area contributed by atoms with Crippen molar-refractivity contribution in [2.45, 2.75) is 23.6 Å². The van der Waals surface area contributed by atoms with E-state index in [0.717, 1.165) is 11.8 Å². The van der Waals surface area contributed by atoms with E-state index in [2.05, 4.69) is 10.6 Å². The lowest BCUT2D eigenvalue weighted by atomic mass is 10.1. The molecule has 0 radical (unpaired) electrons. The number of nitrogens with zero attached hydrogens (tertiary/aromatic N) is 2. The first-order chi connectivity index (χ1) is 15.0. The minimum absolute atomic E-state index is 0.161. The second-order valence-corrected chi connectivity index (χ2v) is 7.51. The highest BCUT2D eigenvalue weighted by atomic mass is 32.2. The fourth-order valence-corrected chi connectivity index (χ4v) is 3.75. The summed E-state index contributed by atoms with van der Waals surface area (Å²) >= 11 is 1.04. The molecule has 9 nitrogen and oxygen atoms in total. The molecule has 31 heavy (non-hydrogen) atoms. The van der Waals surface area contributed by atoms with E-state index in [1.807, 2.05) is 6.92 Å². The molecule has 0 fully saturated rings. The topological polar surface area (TPSA) is 118 Å². The van der Waals surface area contributed by atoms with E-state index in [1.54, 1.807) is 55.6 Å². The number of nitrogens with one attached hydrogen (secondary N) is 1. The largest absolute Gasteiger partial charge is 0.538 e. The fourth-order valence-electron chi connectivity index (χ4n) is 2.78. The molecule has 1 atom stereocenters. The monoisotopic (exact) mass is 443 g/mol. The predicted molar refractivity (Wildman–Crippen MR) is 110 cm³/mol. The average Bonchev–Trinajstić information content (AvgIpc) is 3.17. The number of esters is 1. The van der Waals surface area contributed by atoms with Crippen LogP contribution in [-0.4, -0.2) is 36.6 Å². The van der Waals surface area contributed by atoms with Crippen LogP contribution in [0.5, 0.6) is 11.7 Å². The van der Waals surface area contributed by atoms with Gasteiger partial charge in [-0.1, -0.05) is 19.1 Å². The van der Waals surface area contributed by atoms with Crippen molar-refractivity contribution in [1.82, 2.24) is 5.27 Å². The maximum Gasteiger partial charge on any atom is 0.339 e. The number of rotatable bonds is 8. The van der Waals surface area contributed by atoms with Crippen molar-refractivity contribution in [3.05, 3.63) is 54.1 Å².